The molecule has 0 bridgehead atoms. The number of hydrogen-bond acceptors (Lipinski definition) is 14. The summed E-state index contributed by atoms with van der Waals surface area (Å²) in [5.74, 6) is -0.741. The Morgan fingerprint density at radius 1 is 0.564 bits per heavy atom. The zero-order chi connectivity index (χ0) is 55.3. The van der Waals surface area contributed by atoms with Crippen LogP contribution in [0, 0.1) is 13.8 Å². The summed E-state index contributed by atoms with van der Waals surface area (Å²) in [5.41, 5.74) is 5.58. The molecule has 7 heterocycles. The summed E-state index contributed by atoms with van der Waals surface area (Å²) in [5, 5.41) is 5.92. The molecular formula is C56H48BClF4N4O12. The molecule has 2 aliphatic carbocycles. The van der Waals surface area contributed by atoms with E-state index in [0.717, 1.165) is 33.3 Å². The van der Waals surface area contributed by atoms with Crippen LogP contribution < -0.4 is 35.0 Å². The van der Waals surface area contributed by atoms with E-state index < -0.39 is 30.5 Å². The van der Waals surface area contributed by atoms with Crippen LogP contribution in [0.2, 0.25) is 5.15 Å². The van der Waals surface area contributed by atoms with Gasteiger partial charge in [0.1, 0.15) is 30.0 Å². The largest absolute Gasteiger partial charge is 0.586 e. The number of pyridine rings is 2. The van der Waals surface area contributed by atoms with E-state index in [0.29, 0.717) is 77.0 Å². The van der Waals surface area contributed by atoms with Gasteiger partial charge >= 0.3 is 31.6 Å². The zero-order valence-corrected chi connectivity index (χ0v) is 43.5. The number of nitrogens with zero attached hydrogens (tertiary/aromatic N) is 2. The smallest absolute Gasteiger partial charge is 0.457 e. The number of nitrogens with one attached hydrogen (secondary N) is 2. The molecular weight excluding hydrogens is 1040 g/mol. The van der Waals surface area contributed by atoms with Gasteiger partial charge in [0, 0.05) is 16.7 Å². The van der Waals surface area contributed by atoms with Gasteiger partial charge in [-0.05, 0) is 143 Å². The Hall–Kier alpha value is -7.75. The third kappa shape index (κ3) is 9.83. The Labute approximate surface area is 449 Å². The summed E-state index contributed by atoms with van der Waals surface area (Å²) in [7, 11) is -0.441. The maximum absolute atomic E-state index is 13.4. The number of hydrogen-bond donors (Lipinski definition) is 2. The molecule has 6 aromatic rings. The van der Waals surface area contributed by atoms with Crippen LogP contribution in [-0.4, -0.2) is 64.6 Å². The first-order valence-electron chi connectivity index (χ1n) is 24.8. The number of carbonyl (C=O) groups is 4. The molecule has 2 N–H and O–H groups in total. The van der Waals surface area contributed by atoms with Crippen LogP contribution in [0.4, 0.5) is 29.2 Å². The molecule has 402 valence electrons. The molecule has 13 rings (SSSR count). The number of amides is 2. The van der Waals surface area contributed by atoms with Crippen molar-refractivity contribution in [3.63, 3.8) is 0 Å². The highest BCUT2D eigenvalue weighted by Crippen LogP contribution is 2.54. The van der Waals surface area contributed by atoms with Crippen LogP contribution in [0.25, 0.3) is 11.3 Å². The molecule has 7 aliphatic rings. The minimum atomic E-state index is -3.71. The second kappa shape index (κ2) is 18.7. The van der Waals surface area contributed by atoms with Gasteiger partial charge in [-0.3, -0.25) is 9.59 Å². The first-order valence-corrected chi connectivity index (χ1v) is 25.2. The topological polar surface area (TPSA) is 192 Å². The third-order valence-electron chi connectivity index (χ3n) is 15.1. The van der Waals surface area contributed by atoms with Gasteiger partial charge in [0.2, 0.25) is 11.8 Å². The van der Waals surface area contributed by atoms with E-state index in [1.165, 1.54) is 24.3 Å². The minimum Gasteiger partial charge on any atom is -0.457 e. The van der Waals surface area contributed by atoms with Crippen molar-refractivity contribution in [2.75, 3.05) is 10.6 Å². The van der Waals surface area contributed by atoms with Crippen molar-refractivity contribution in [3.8, 4) is 34.3 Å². The van der Waals surface area contributed by atoms with Gasteiger partial charge in [0.15, 0.2) is 23.0 Å². The van der Waals surface area contributed by atoms with Crippen LogP contribution in [0.15, 0.2) is 97.1 Å². The first kappa shape index (κ1) is 52.3. The number of carbonyl (C=O) groups excluding carboxylic acids is 4. The summed E-state index contributed by atoms with van der Waals surface area (Å²) in [4.78, 5) is 58.2. The molecule has 0 atom stereocenters. The maximum atomic E-state index is 13.4. The molecule has 16 nitrogen and oxygen atoms in total. The predicted molar refractivity (Wildman–Crippen MR) is 273 cm³/mol. The second-order valence-electron chi connectivity index (χ2n) is 20.9. The highest BCUT2D eigenvalue weighted by molar-refractivity contribution is 6.62. The van der Waals surface area contributed by atoms with E-state index in [1.54, 1.807) is 36.4 Å². The summed E-state index contributed by atoms with van der Waals surface area (Å²) in [6, 6.07) is 26.9. The number of fused-ring (bicyclic) bond motifs is 4. The lowest BCUT2D eigenvalue weighted by atomic mass is 9.78. The number of halogens is 5. The van der Waals surface area contributed by atoms with Crippen molar-refractivity contribution in [2.24, 2.45) is 0 Å². The molecule has 3 fully saturated rings. The van der Waals surface area contributed by atoms with Gasteiger partial charge in [-0.1, -0.05) is 60.1 Å². The predicted octanol–water partition coefficient (Wildman–Crippen LogP) is 10.4. The summed E-state index contributed by atoms with van der Waals surface area (Å²) < 4.78 is 92.9. The summed E-state index contributed by atoms with van der Waals surface area (Å²) >= 11 is 5.97. The number of alkyl halides is 4. The number of ether oxygens (including phenoxy) is 6. The van der Waals surface area contributed by atoms with Crippen LogP contribution in [0.5, 0.6) is 23.0 Å². The molecule has 4 aromatic carbocycles. The van der Waals surface area contributed by atoms with E-state index in [2.05, 4.69) is 39.5 Å². The van der Waals surface area contributed by atoms with Gasteiger partial charge in [-0.25, -0.2) is 19.6 Å². The first-order chi connectivity index (χ1) is 36.8. The van der Waals surface area contributed by atoms with Gasteiger partial charge in [0.25, 0.3) is 0 Å². The molecule has 0 spiro atoms. The number of aromatic nitrogens is 2. The number of aryl methyl sites for hydroxylation is 2. The average molecular weight is 1090 g/mol. The standard InChI is InChI=1S/C25H18F2N2O5.C17H13ClF2N2O3.C14H17BO4/c1-13-2-7-20(28-21(13)14-3-4-15-12-32-22(30)17(15)10-14)29-23(31)24(8-9-24)16-5-6-18-19(11-16)34-25(26,27)33-18;1-9-2-5-13(21-14(9)18)22-15(23)16(6-7-16)10-3-4-11-12(8-10)25-17(19,20)24-11;1-13(2)14(3,4)19-15(18-13)10-6-5-9-8-17-12(16)11(9)7-10/h2-7,10-11H,8-9,12H2,1H3,(H,28,29,31);2-5,8H,6-7H2,1H3,(H,21,22,23);5-7H,8H2,1-4H3. The molecule has 1 saturated heterocycles. The van der Waals surface area contributed by atoms with E-state index >= 15 is 0 Å². The van der Waals surface area contributed by atoms with Gasteiger partial charge in [0.05, 0.1) is 38.9 Å². The molecule has 0 radical (unpaired) electrons. The Morgan fingerprint density at radius 3 is 1.53 bits per heavy atom. The number of anilines is 2. The van der Waals surface area contributed by atoms with Crippen LogP contribution in [-0.2, 0) is 52.4 Å². The van der Waals surface area contributed by atoms with E-state index in [4.69, 9.17) is 30.4 Å². The molecule has 2 saturated carbocycles. The molecule has 78 heavy (non-hydrogen) atoms. The van der Waals surface area contributed by atoms with Crippen LogP contribution >= 0.6 is 11.6 Å². The Morgan fingerprint density at radius 2 is 1.03 bits per heavy atom. The van der Waals surface area contributed by atoms with Crippen LogP contribution in [0.1, 0.15) is 107 Å². The Bertz CT molecular complexity index is 3500. The molecule has 22 heteroatoms. The van der Waals surface area contributed by atoms with Crippen molar-refractivity contribution in [2.45, 2.75) is 115 Å². The number of esters is 2. The van der Waals surface area contributed by atoms with Crippen molar-refractivity contribution >= 4 is 59.6 Å². The fourth-order valence-electron chi connectivity index (χ4n) is 9.49. The van der Waals surface area contributed by atoms with Crippen molar-refractivity contribution in [3.05, 3.63) is 147 Å². The summed E-state index contributed by atoms with van der Waals surface area (Å²) in [6.45, 7) is 12.4. The van der Waals surface area contributed by atoms with Crippen molar-refractivity contribution in [1.29, 1.82) is 0 Å². The highest BCUT2D eigenvalue weighted by atomic mass is 35.5. The molecule has 2 amide bonds. The molecule has 0 unspecified atom stereocenters. The zero-order valence-electron chi connectivity index (χ0n) is 42.7. The second-order valence-corrected chi connectivity index (χ2v) is 21.3. The number of rotatable bonds is 8. The van der Waals surface area contributed by atoms with E-state index in [9.17, 15) is 36.7 Å². The van der Waals surface area contributed by atoms with Crippen LogP contribution in [0.3, 0.4) is 0 Å². The normalized spacial score (nSPS) is 19.7. The number of benzene rings is 4. The quantitative estimate of drug-likeness (QED) is 0.0633. The molecule has 2 aromatic heterocycles. The average Bonchev–Trinajstić information content (AvgIpc) is 4.42. The minimum absolute atomic E-state index is 0.0445. The highest BCUT2D eigenvalue weighted by Gasteiger charge is 2.55. The van der Waals surface area contributed by atoms with Gasteiger partial charge < -0.3 is 48.4 Å². The fraction of sp³-hybridized carbons (Fsp3) is 0.321. The maximum Gasteiger partial charge on any atom is 0.586 e. The van der Waals surface area contributed by atoms with E-state index in [1.807, 2.05) is 77.9 Å². The number of cyclic esters (lactones) is 2. The lowest BCUT2D eigenvalue weighted by Crippen LogP contribution is -2.41. The monoisotopic (exact) mass is 1090 g/mol. The van der Waals surface area contributed by atoms with Gasteiger partial charge in [-0.15, -0.1) is 17.6 Å². The lowest BCUT2D eigenvalue weighted by Gasteiger charge is -2.32. The van der Waals surface area contributed by atoms with Gasteiger partial charge in [-0.2, -0.15) is 0 Å². The third-order valence-corrected chi connectivity index (χ3v) is 15.5. The lowest BCUT2D eigenvalue weighted by molar-refractivity contribution is -0.287. The van der Waals surface area contributed by atoms with Crippen molar-refractivity contribution in [1.82, 2.24) is 9.97 Å². The van der Waals surface area contributed by atoms with Crippen molar-refractivity contribution < 1.29 is 74.5 Å². The SMILES string of the molecule is CC1(C)OB(c2ccc3c(c2)C(=O)OC3)OC1(C)C.Cc1ccc(NC(=O)C2(c3ccc4c(c3)OC(F)(F)O4)CC2)nc1-c1ccc2c(c1)C(=O)OC2.Cc1ccc(NC(=O)C2(c3ccc4c(c3)OC(F)(F)O4)CC2)nc1Cl. The Balaban J connectivity index is 0.000000130. The Kier molecular flexibility index (Phi) is 12.6. The fourth-order valence-corrected chi connectivity index (χ4v) is 9.64. The summed E-state index contributed by atoms with van der Waals surface area (Å²) in [6.07, 6.45) is -5.04. The van der Waals surface area contributed by atoms with E-state index in [-0.39, 0.29) is 64.6 Å². The molecule has 5 aliphatic heterocycles.